The fourth-order valence-electron chi connectivity index (χ4n) is 2.20. The van der Waals surface area contributed by atoms with Gasteiger partial charge in [0.15, 0.2) is 0 Å². The van der Waals surface area contributed by atoms with Crippen molar-refractivity contribution in [3.05, 3.63) is 65.5 Å². The molecule has 1 aromatic rings. The van der Waals surface area contributed by atoms with Gasteiger partial charge in [0, 0.05) is 0 Å². The summed E-state index contributed by atoms with van der Waals surface area (Å²) < 4.78 is 12.7. The minimum Gasteiger partial charge on any atom is -0.397 e. The lowest BCUT2D eigenvalue weighted by molar-refractivity contribution is 0.390. The lowest BCUT2D eigenvalue weighted by atomic mass is 10.00. The van der Waals surface area contributed by atoms with Gasteiger partial charge in [-0.1, -0.05) is 36.9 Å². The summed E-state index contributed by atoms with van der Waals surface area (Å²) in [4.78, 5) is 1.85. The van der Waals surface area contributed by atoms with Crippen molar-refractivity contribution in [1.82, 2.24) is 4.90 Å². The first-order valence-corrected chi connectivity index (χ1v) is 5.91. The predicted octanol–water partition coefficient (Wildman–Crippen LogP) is 3.06. The average Bonchev–Trinajstić information content (AvgIpc) is 2.37. The van der Waals surface area contributed by atoms with Crippen LogP contribution in [0.2, 0.25) is 0 Å². The van der Waals surface area contributed by atoms with Crippen LogP contribution in [0.5, 0.6) is 0 Å². The van der Waals surface area contributed by atoms with E-state index in [-0.39, 0.29) is 6.54 Å². The molecule has 0 bridgehead atoms. The first-order valence-electron chi connectivity index (χ1n) is 5.91. The summed E-state index contributed by atoms with van der Waals surface area (Å²) in [7, 11) is 0. The monoisotopic (exact) mass is 244 g/mol. The molecule has 2 N–H and O–H groups in total. The zero-order valence-corrected chi connectivity index (χ0v) is 10.5. The fraction of sp³-hybridized carbons (Fsp3) is 0.200. The molecular formula is C15H17FN2. The summed E-state index contributed by atoms with van der Waals surface area (Å²) in [5.74, 6) is 0. The molecular weight excluding hydrogens is 227 g/mol. The van der Waals surface area contributed by atoms with Crippen molar-refractivity contribution in [3.8, 4) is 0 Å². The smallest absolute Gasteiger partial charge is 0.107 e. The van der Waals surface area contributed by atoms with E-state index in [1.807, 2.05) is 48.2 Å². The predicted molar refractivity (Wildman–Crippen MR) is 73.1 cm³/mol. The standard InChI is InChI=1S/C15H17FN2/c1-11-10-14(17)12(2)18(9-8-16)15(11)13-6-4-3-5-7-13/h3-7,10H,2,8-9,17H2,1H3. The lowest BCUT2D eigenvalue weighted by Gasteiger charge is -2.33. The van der Waals surface area contributed by atoms with Crippen molar-refractivity contribution in [1.29, 1.82) is 0 Å². The fourth-order valence-corrected chi connectivity index (χ4v) is 2.20. The van der Waals surface area contributed by atoms with E-state index in [0.29, 0.717) is 11.4 Å². The van der Waals surface area contributed by atoms with Crippen LogP contribution in [0.4, 0.5) is 4.39 Å². The van der Waals surface area contributed by atoms with Crippen molar-refractivity contribution in [2.24, 2.45) is 5.73 Å². The van der Waals surface area contributed by atoms with Crippen LogP contribution in [0, 0.1) is 0 Å². The van der Waals surface area contributed by atoms with Crippen LogP contribution in [0.1, 0.15) is 12.5 Å². The molecule has 0 spiro atoms. The Labute approximate surface area is 107 Å². The summed E-state index contributed by atoms with van der Waals surface area (Å²) in [5, 5.41) is 0. The number of nitrogens with two attached hydrogens (primary N) is 1. The molecule has 0 aliphatic carbocycles. The van der Waals surface area contributed by atoms with E-state index < -0.39 is 6.67 Å². The molecule has 1 heterocycles. The zero-order valence-electron chi connectivity index (χ0n) is 10.5. The van der Waals surface area contributed by atoms with Crippen LogP contribution < -0.4 is 5.73 Å². The van der Waals surface area contributed by atoms with E-state index in [2.05, 4.69) is 6.58 Å². The van der Waals surface area contributed by atoms with Gasteiger partial charge in [0.05, 0.1) is 23.6 Å². The Balaban J connectivity index is 2.52. The molecule has 0 saturated carbocycles. The number of hydrogen-bond acceptors (Lipinski definition) is 2. The maximum Gasteiger partial charge on any atom is 0.107 e. The van der Waals surface area contributed by atoms with Gasteiger partial charge >= 0.3 is 0 Å². The Morgan fingerprint density at radius 3 is 2.56 bits per heavy atom. The first kappa shape index (κ1) is 12.4. The van der Waals surface area contributed by atoms with Gasteiger partial charge in [-0.05, 0) is 24.1 Å². The van der Waals surface area contributed by atoms with Gasteiger partial charge in [-0.3, -0.25) is 0 Å². The molecule has 0 saturated heterocycles. The van der Waals surface area contributed by atoms with Gasteiger partial charge in [-0.25, -0.2) is 4.39 Å². The molecule has 0 aromatic heterocycles. The Morgan fingerprint density at radius 1 is 1.28 bits per heavy atom. The Hall–Kier alpha value is -2.03. The first-order chi connectivity index (χ1) is 8.65. The lowest BCUT2D eigenvalue weighted by Crippen LogP contribution is -2.29. The minimum atomic E-state index is -0.435. The molecule has 0 atom stereocenters. The van der Waals surface area contributed by atoms with E-state index in [1.165, 1.54) is 0 Å². The highest BCUT2D eigenvalue weighted by Gasteiger charge is 2.22. The minimum absolute atomic E-state index is 0.273. The van der Waals surface area contributed by atoms with Crippen molar-refractivity contribution in [3.63, 3.8) is 0 Å². The largest absolute Gasteiger partial charge is 0.397 e. The van der Waals surface area contributed by atoms with E-state index in [4.69, 9.17) is 5.73 Å². The number of allylic oxidation sites excluding steroid dienone is 2. The Kier molecular flexibility index (Phi) is 3.51. The molecule has 0 amide bonds. The van der Waals surface area contributed by atoms with E-state index in [9.17, 15) is 4.39 Å². The molecule has 94 valence electrons. The zero-order chi connectivity index (χ0) is 13.1. The van der Waals surface area contributed by atoms with E-state index in [1.54, 1.807) is 0 Å². The Morgan fingerprint density at radius 2 is 1.94 bits per heavy atom. The van der Waals surface area contributed by atoms with Crippen LogP contribution in [0.15, 0.2) is 60.0 Å². The summed E-state index contributed by atoms with van der Waals surface area (Å²) in [6.07, 6.45) is 1.89. The molecule has 2 rings (SSSR count). The van der Waals surface area contributed by atoms with Gasteiger partial charge in [0.25, 0.3) is 0 Å². The van der Waals surface area contributed by atoms with Crippen molar-refractivity contribution in [2.45, 2.75) is 6.92 Å². The van der Waals surface area contributed by atoms with Crippen LogP contribution in [0.3, 0.4) is 0 Å². The SMILES string of the molecule is C=C1C(N)=CC(C)=C(c2ccccc2)N1CCF. The third kappa shape index (κ3) is 2.16. The number of rotatable bonds is 3. The van der Waals surface area contributed by atoms with Gasteiger partial charge in [-0.2, -0.15) is 0 Å². The summed E-state index contributed by atoms with van der Waals surface area (Å²) >= 11 is 0. The normalized spacial score (nSPS) is 16.0. The van der Waals surface area contributed by atoms with E-state index in [0.717, 1.165) is 16.8 Å². The van der Waals surface area contributed by atoms with Crippen LogP contribution in [-0.2, 0) is 0 Å². The number of alkyl halides is 1. The number of nitrogens with zero attached hydrogens (tertiary/aromatic N) is 1. The van der Waals surface area contributed by atoms with E-state index >= 15 is 0 Å². The second kappa shape index (κ2) is 5.08. The molecule has 0 radical (unpaired) electrons. The van der Waals surface area contributed by atoms with Gasteiger partial charge in [0.2, 0.25) is 0 Å². The van der Waals surface area contributed by atoms with Crippen molar-refractivity contribution < 1.29 is 4.39 Å². The number of halogens is 1. The average molecular weight is 244 g/mol. The number of hydrogen-bond donors (Lipinski definition) is 1. The highest BCUT2D eigenvalue weighted by Crippen LogP contribution is 2.32. The van der Waals surface area contributed by atoms with Crippen LogP contribution in [-0.4, -0.2) is 18.1 Å². The third-order valence-electron chi connectivity index (χ3n) is 3.03. The second-order valence-electron chi connectivity index (χ2n) is 4.28. The van der Waals surface area contributed by atoms with Crippen LogP contribution in [0.25, 0.3) is 5.70 Å². The van der Waals surface area contributed by atoms with Crippen molar-refractivity contribution in [2.75, 3.05) is 13.2 Å². The molecule has 0 fully saturated rings. The van der Waals surface area contributed by atoms with Gasteiger partial charge in [-0.15, -0.1) is 0 Å². The maximum absolute atomic E-state index is 12.7. The quantitative estimate of drug-likeness (QED) is 0.885. The highest BCUT2D eigenvalue weighted by atomic mass is 19.1. The topological polar surface area (TPSA) is 29.3 Å². The molecule has 1 aliphatic rings. The molecule has 3 heteroatoms. The van der Waals surface area contributed by atoms with Gasteiger partial charge in [0.1, 0.15) is 6.67 Å². The third-order valence-corrected chi connectivity index (χ3v) is 3.03. The molecule has 2 nitrogen and oxygen atoms in total. The summed E-state index contributed by atoms with van der Waals surface area (Å²) in [6, 6.07) is 9.90. The Bertz CT molecular complexity index is 515. The van der Waals surface area contributed by atoms with Crippen LogP contribution >= 0.6 is 0 Å². The second-order valence-corrected chi connectivity index (χ2v) is 4.28. The summed E-state index contributed by atoms with van der Waals surface area (Å²) in [6.45, 7) is 5.75. The molecule has 18 heavy (non-hydrogen) atoms. The maximum atomic E-state index is 12.7. The molecule has 1 aromatic carbocycles. The summed E-state index contributed by atoms with van der Waals surface area (Å²) in [5.41, 5.74) is 10.2. The van der Waals surface area contributed by atoms with Crippen molar-refractivity contribution >= 4 is 5.70 Å². The molecule has 0 unspecified atom stereocenters. The molecule has 1 aliphatic heterocycles. The number of benzene rings is 1. The van der Waals surface area contributed by atoms with Gasteiger partial charge < -0.3 is 10.6 Å². The highest BCUT2D eigenvalue weighted by molar-refractivity contribution is 5.73.